The Morgan fingerprint density at radius 1 is 0.846 bits per heavy atom. The third-order valence-electron chi connectivity index (χ3n) is 4.51. The zero-order valence-corrected chi connectivity index (χ0v) is 14.0. The van der Waals surface area contributed by atoms with Gasteiger partial charge in [-0.15, -0.1) is 0 Å². The van der Waals surface area contributed by atoms with Gasteiger partial charge in [0.2, 0.25) is 0 Å². The fourth-order valence-corrected chi connectivity index (χ4v) is 3.24. The molecule has 0 atom stereocenters. The summed E-state index contributed by atoms with van der Waals surface area (Å²) in [6.45, 7) is 0. The van der Waals surface area contributed by atoms with Gasteiger partial charge in [0.25, 0.3) is 0 Å². The zero-order valence-electron chi connectivity index (χ0n) is 14.0. The number of para-hydroxylation sites is 1. The Bertz CT molecular complexity index is 1210. The van der Waals surface area contributed by atoms with Gasteiger partial charge in [-0.1, -0.05) is 42.5 Å². The first-order chi connectivity index (χ1) is 12.9. The normalized spacial score (nSPS) is 11.1. The van der Waals surface area contributed by atoms with Crippen LogP contribution in [-0.2, 0) is 0 Å². The van der Waals surface area contributed by atoms with Crippen molar-refractivity contribution in [3.05, 3.63) is 85.2 Å². The third kappa shape index (κ3) is 2.48. The van der Waals surface area contributed by atoms with Crippen LogP contribution in [0.2, 0.25) is 0 Å². The molecule has 0 saturated carbocycles. The second-order valence-corrected chi connectivity index (χ2v) is 6.16. The summed E-state index contributed by atoms with van der Waals surface area (Å²) in [7, 11) is 0. The summed E-state index contributed by atoms with van der Waals surface area (Å²) in [5.74, 6) is 0.802. The van der Waals surface area contributed by atoms with Crippen molar-refractivity contribution in [3.63, 3.8) is 0 Å². The van der Waals surface area contributed by atoms with Gasteiger partial charge in [0.1, 0.15) is 5.82 Å². The lowest BCUT2D eigenvalue weighted by atomic mass is 10.1. The summed E-state index contributed by atoms with van der Waals surface area (Å²) in [4.78, 5) is 12.7. The molecular formula is C22H16N4. The predicted octanol–water partition coefficient (Wildman–Crippen LogP) is 5.52. The molecule has 124 valence electrons. The number of aromatic nitrogens is 3. The van der Waals surface area contributed by atoms with Crippen LogP contribution in [0.5, 0.6) is 0 Å². The Morgan fingerprint density at radius 2 is 1.77 bits per heavy atom. The molecule has 4 heteroatoms. The van der Waals surface area contributed by atoms with E-state index in [1.54, 1.807) is 0 Å². The molecule has 0 aliphatic heterocycles. The smallest absolute Gasteiger partial charge is 0.140 e. The van der Waals surface area contributed by atoms with Gasteiger partial charge in [0.15, 0.2) is 0 Å². The van der Waals surface area contributed by atoms with Crippen LogP contribution in [0.1, 0.15) is 0 Å². The molecule has 2 N–H and O–H groups in total. The Hall–Kier alpha value is -3.66. The average molecular weight is 336 g/mol. The van der Waals surface area contributed by atoms with Crippen molar-refractivity contribution in [2.75, 3.05) is 5.32 Å². The van der Waals surface area contributed by atoms with Crippen LogP contribution in [-0.4, -0.2) is 15.0 Å². The SMILES string of the molecule is c1ccc(-c2cc3ncccc3c(Nc3cccc4cc[nH]c34)n2)cc1. The van der Waals surface area contributed by atoms with Crippen LogP contribution in [0.25, 0.3) is 33.1 Å². The van der Waals surface area contributed by atoms with E-state index in [1.807, 2.05) is 54.9 Å². The van der Waals surface area contributed by atoms with Gasteiger partial charge in [-0.3, -0.25) is 4.98 Å². The van der Waals surface area contributed by atoms with Gasteiger partial charge in [0, 0.05) is 28.7 Å². The highest BCUT2D eigenvalue weighted by molar-refractivity contribution is 5.98. The van der Waals surface area contributed by atoms with Gasteiger partial charge in [-0.05, 0) is 30.3 Å². The molecule has 0 fully saturated rings. The van der Waals surface area contributed by atoms with Crippen LogP contribution in [0.4, 0.5) is 11.5 Å². The molecule has 5 rings (SSSR count). The van der Waals surface area contributed by atoms with E-state index >= 15 is 0 Å². The van der Waals surface area contributed by atoms with Gasteiger partial charge in [0.05, 0.1) is 22.4 Å². The van der Waals surface area contributed by atoms with E-state index in [9.17, 15) is 0 Å². The first-order valence-corrected chi connectivity index (χ1v) is 8.53. The standard InChI is InChI=1S/C22H16N4/c1-2-6-15(7-3-1)19-14-20-17(9-5-12-23-20)22(26-19)25-18-10-4-8-16-11-13-24-21(16)18/h1-14,24H,(H,25,26). The second-order valence-electron chi connectivity index (χ2n) is 6.16. The number of hydrogen-bond donors (Lipinski definition) is 2. The summed E-state index contributed by atoms with van der Waals surface area (Å²) in [5, 5.41) is 5.66. The molecule has 0 spiro atoms. The van der Waals surface area contributed by atoms with E-state index in [0.717, 1.165) is 44.6 Å². The third-order valence-corrected chi connectivity index (χ3v) is 4.51. The van der Waals surface area contributed by atoms with Crippen molar-refractivity contribution in [1.29, 1.82) is 0 Å². The summed E-state index contributed by atoms with van der Waals surface area (Å²) < 4.78 is 0. The summed E-state index contributed by atoms with van der Waals surface area (Å²) in [6, 6.07) is 24.4. The molecule has 0 saturated heterocycles. The van der Waals surface area contributed by atoms with Crippen molar-refractivity contribution in [3.8, 4) is 11.3 Å². The largest absolute Gasteiger partial charge is 0.359 e. The number of pyridine rings is 2. The van der Waals surface area contributed by atoms with Crippen LogP contribution in [0.3, 0.4) is 0 Å². The number of nitrogens with zero attached hydrogens (tertiary/aromatic N) is 2. The average Bonchev–Trinajstić information content (AvgIpc) is 3.18. The quantitative estimate of drug-likeness (QED) is 0.456. The predicted molar refractivity (Wildman–Crippen MR) is 107 cm³/mol. The number of H-pyrrole nitrogens is 1. The maximum atomic E-state index is 4.89. The lowest BCUT2D eigenvalue weighted by Gasteiger charge is -2.12. The van der Waals surface area contributed by atoms with Crippen LogP contribution in [0, 0.1) is 0 Å². The number of benzene rings is 2. The molecule has 4 nitrogen and oxygen atoms in total. The van der Waals surface area contributed by atoms with Gasteiger partial charge in [-0.2, -0.15) is 0 Å². The van der Waals surface area contributed by atoms with Crippen LogP contribution >= 0.6 is 0 Å². The van der Waals surface area contributed by atoms with Crippen molar-refractivity contribution < 1.29 is 0 Å². The molecule has 0 aliphatic rings. The fraction of sp³-hybridized carbons (Fsp3) is 0. The molecule has 5 aromatic rings. The number of rotatable bonds is 3. The molecular weight excluding hydrogens is 320 g/mol. The summed E-state index contributed by atoms with van der Waals surface area (Å²) >= 11 is 0. The minimum atomic E-state index is 0.802. The first kappa shape index (κ1) is 14.7. The van der Waals surface area contributed by atoms with Crippen LogP contribution in [0.15, 0.2) is 85.2 Å². The molecule has 3 aromatic heterocycles. The van der Waals surface area contributed by atoms with Gasteiger partial charge < -0.3 is 10.3 Å². The minimum Gasteiger partial charge on any atom is -0.359 e. The van der Waals surface area contributed by atoms with E-state index in [1.165, 1.54) is 0 Å². The van der Waals surface area contributed by atoms with E-state index in [2.05, 4.69) is 45.6 Å². The van der Waals surface area contributed by atoms with Gasteiger partial charge in [-0.25, -0.2) is 4.98 Å². The lowest BCUT2D eigenvalue weighted by molar-refractivity contribution is 1.31. The van der Waals surface area contributed by atoms with E-state index in [-0.39, 0.29) is 0 Å². The van der Waals surface area contributed by atoms with E-state index < -0.39 is 0 Å². The summed E-state index contributed by atoms with van der Waals surface area (Å²) in [5.41, 5.74) is 4.95. The Balaban J connectivity index is 1.70. The minimum absolute atomic E-state index is 0.802. The molecule has 3 heterocycles. The maximum Gasteiger partial charge on any atom is 0.140 e. The molecule has 0 unspecified atom stereocenters. The number of nitrogens with one attached hydrogen (secondary N) is 2. The van der Waals surface area contributed by atoms with E-state index in [0.29, 0.717) is 0 Å². The number of hydrogen-bond acceptors (Lipinski definition) is 3. The van der Waals surface area contributed by atoms with Crippen molar-refractivity contribution in [1.82, 2.24) is 15.0 Å². The van der Waals surface area contributed by atoms with Crippen molar-refractivity contribution in [2.45, 2.75) is 0 Å². The molecule has 0 bridgehead atoms. The summed E-state index contributed by atoms with van der Waals surface area (Å²) in [6.07, 6.45) is 3.76. The second kappa shape index (κ2) is 6.01. The Morgan fingerprint density at radius 3 is 2.69 bits per heavy atom. The van der Waals surface area contributed by atoms with Crippen molar-refractivity contribution in [2.24, 2.45) is 0 Å². The molecule has 0 amide bonds. The molecule has 26 heavy (non-hydrogen) atoms. The Labute approximate surface area is 150 Å². The highest BCUT2D eigenvalue weighted by Crippen LogP contribution is 2.31. The maximum absolute atomic E-state index is 4.89. The highest BCUT2D eigenvalue weighted by Gasteiger charge is 2.10. The van der Waals surface area contributed by atoms with Crippen LogP contribution < -0.4 is 5.32 Å². The fourth-order valence-electron chi connectivity index (χ4n) is 3.24. The first-order valence-electron chi connectivity index (χ1n) is 8.53. The van der Waals surface area contributed by atoms with E-state index in [4.69, 9.17) is 4.98 Å². The van der Waals surface area contributed by atoms with Gasteiger partial charge >= 0.3 is 0 Å². The topological polar surface area (TPSA) is 53.6 Å². The number of fused-ring (bicyclic) bond motifs is 2. The lowest BCUT2D eigenvalue weighted by Crippen LogP contribution is -1.98. The molecule has 0 aliphatic carbocycles. The zero-order chi connectivity index (χ0) is 17.3. The number of aromatic amines is 1. The highest BCUT2D eigenvalue weighted by atomic mass is 15.0. The molecule has 2 aromatic carbocycles. The Kier molecular flexibility index (Phi) is 3.39. The monoisotopic (exact) mass is 336 g/mol. The number of anilines is 2. The van der Waals surface area contributed by atoms with Crippen molar-refractivity contribution >= 4 is 33.3 Å². The molecule has 0 radical (unpaired) electrons.